The monoisotopic (exact) mass is 207 g/mol. The van der Waals surface area contributed by atoms with Crippen molar-refractivity contribution in [3.05, 3.63) is 24.0 Å². The zero-order chi connectivity index (χ0) is 10.7. The van der Waals surface area contributed by atoms with Crippen LogP contribution >= 0.6 is 0 Å². The third kappa shape index (κ3) is 2.11. The molecule has 0 aromatic carbocycles. The summed E-state index contributed by atoms with van der Waals surface area (Å²) in [6.45, 7) is 1.71. The summed E-state index contributed by atoms with van der Waals surface area (Å²) >= 11 is 0. The van der Waals surface area contributed by atoms with E-state index in [2.05, 4.69) is 9.88 Å². The van der Waals surface area contributed by atoms with Gasteiger partial charge in [-0.3, -0.25) is 4.98 Å². The lowest BCUT2D eigenvalue weighted by Crippen LogP contribution is -2.32. The van der Waals surface area contributed by atoms with E-state index in [1.54, 1.807) is 0 Å². The second-order valence-electron chi connectivity index (χ2n) is 3.88. The van der Waals surface area contributed by atoms with Crippen LogP contribution < -0.4 is 10.6 Å². The molecule has 1 aromatic heterocycles. The highest BCUT2D eigenvalue weighted by Crippen LogP contribution is 2.24. The zero-order valence-corrected chi connectivity index (χ0v) is 8.76. The van der Waals surface area contributed by atoms with Crippen molar-refractivity contribution in [2.45, 2.75) is 25.4 Å². The van der Waals surface area contributed by atoms with E-state index in [0.717, 1.165) is 30.8 Å². The van der Waals surface area contributed by atoms with Crippen LogP contribution in [0.25, 0.3) is 0 Å². The van der Waals surface area contributed by atoms with E-state index >= 15 is 0 Å². The number of nitrogens with two attached hydrogens (primary N) is 1. The van der Waals surface area contributed by atoms with Gasteiger partial charge in [0.05, 0.1) is 30.2 Å². The first-order valence-corrected chi connectivity index (χ1v) is 5.37. The number of pyridine rings is 1. The Bertz CT molecular complexity index is 312. The quantitative estimate of drug-likeness (QED) is 0.757. The molecular weight excluding hydrogens is 190 g/mol. The predicted octanol–water partition coefficient (Wildman–Crippen LogP) is 0.501. The van der Waals surface area contributed by atoms with Crippen LogP contribution in [0.1, 0.15) is 18.5 Å². The molecule has 1 fully saturated rings. The molecule has 0 saturated carbocycles. The van der Waals surface area contributed by atoms with Crippen LogP contribution in [-0.2, 0) is 6.54 Å². The summed E-state index contributed by atoms with van der Waals surface area (Å²) in [7, 11) is 0. The van der Waals surface area contributed by atoms with Gasteiger partial charge < -0.3 is 15.7 Å². The smallest absolute Gasteiger partial charge is 0.0635 e. The van der Waals surface area contributed by atoms with E-state index < -0.39 is 0 Å². The van der Waals surface area contributed by atoms with Crippen molar-refractivity contribution in [2.24, 2.45) is 5.73 Å². The summed E-state index contributed by atoms with van der Waals surface area (Å²) < 4.78 is 0. The average molecular weight is 207 g/mol. The van der Waals surface area contributed by atoms with Crippen LogP contribution in [0, 0.1) is 0 Å². The summed E-state index contributed by atoms with van der Waals surface area (Å²) in [6, 6.07) is 4.24. The second kappa shape index (κ2) is 4.59. The van der Waals surface area contributed by atoms with Gasteiger partial charge in [-0.05, 0) is 25.0 Å². The topological polar surface area (TPSA) is 62.4 Å². The number of aliphatic hydroxyl groups excluding tert-OH is 1. The van der Waals surface area contributed by atoms with Crippen LogP contribution in [0.15, 0.2) is 18.3 Å². The van der Waals surface area contributed by atoms with Gasteiger partial charge >= 0.3 is 0 Å². The first-order chi connectivity index (χ1) is 7.35. The first-order valence-electron chi connectivity index (χ1n) is 5.37. The molecule has 2 heterocycles. The summed E-state index contributed by atoms with van der Waals surface area (Å²) in [4.78, 5) is 6.48. The average Bonchev–Trinajstić information content (AvgIpc) is 2.77. The maximum absolute atomic E-state index is 9.22. The predicted molar refractivity (Wildman–Crippen MR) is 59.6 cm³/mol. The van der Waals surface area contributed by atoms with Crippen LogP contribution in [0.4, 0.5) is 5.69 Å². The summed E-state index contributed by atoms with van der Waals surface area (Å²) in [6.07, 6.45) is 4.05. The van der Waals surface area contributed by atoms with Crippen LogP contribution in [-0.4, -0.2) is 29.3 Å². The fraction of sp³-hybridized carbons (Fsp3) is 0.545. The van der Waals surface area contributed by atoms with E-state index in [-0.39, 0.29) is 12.6 Å². The fourth-order valence-electron chi connectivity index (χ4n) is 2.07. The van der Waals surface area contributed by atoms with Crippen LogP contribution in [0.3, 0.4) is 0 Å². The molecule has 0 aliphatic carbocycles. The lowest BCUT2D eigenvalue weighted by molar-refractivity contribution is 0.266. The lowest BCUT2D eigenvalue weighted by Gasteiger charge is -2.24. The number of hydrogen-bond donors (Lipinski definition) is 2. The van der Waals surface area contributed by atoms with Gasteiger partial charge in [0.1, 0.15) is 0 Å². The first kappa shape index (κ1) is 10.4. The van der Waals surface area contributed by atoms with Crippen molar-refractivity contribution in [3.63, 3.8) is 0 Å². The molecular formula is C11H17N3O. The Kier molecular flexibility index (Phi) is 3.18. The van der Waals surface area contributed by atoms with Gasteiger partial charge in [0.2, 0.25) is 0 Å². The number of aromatic nitrogens is 1. The Morgan fingerprint density at radius 3 is 3.00 bits per heavy atom. The molecule has 1 aliphatic heterocycles. The van der Waals surface area contributed by atoms with E-state index in [0.29, 0.717) is 6.54 Å². The molecule has 1 aromatic rings. The molecule has 1 saturated heterocycles. The van der Waals surface area contributed by atoms with Gasteiger partial charge in [-0.1, -0.05) is 0 Å². The molecule has 4 nitrogen and oxygen atoms in total. The van der Waals surface area contributed by atoms with Crippen molar-refractivity contribution in [3.8, 4) is 0 Å². The van der Waals surface area contributed by atoms with Crippen molar-refractivity contribution in [2.75, 3.05) is 18.1 Å². The molecule has 0 spiro atoms. The largest absolute Gasteiger partial charge is 0.394 e. The third-order valence-corrected chi connectivity index (χ3v) is 2.94. The van der Waals surface area contributed by atoms with Crippen LogP contribution in [0.5, 0.6) is 0 Å². The van der Waals surface area contributed by atoms with Gasteiger partial charge in [-0.25, -0.2) is 0 Å². The Labute approximate surface area is 89.7 Å². The van der Waals surface area contributed by atoms with Gasteiger partial charge in [-0.15, -0.1) is 0 Å². The second-order valence-corrected chi connectivity index (χ2v) is 3.88. The summed E-state index contributed by atoms with van der Waals surface area (Å²) in [5.41, 5.74) is 7.48. The lowest BCUT2D eigenvalue weighted by atomic mass is 10.2. The molecule has 0 bridgehead atoms. The molecule has 82 valence electrons. The van der Waals surface area contributed by atoms with Gasteiger partial charge in [0.25, 0.3) is 0 Å². The van der Waals surface area contributed by atoms with Crippen LogP contribution in [0.2, 0.25) is 0 Å². The third-order valence-electron chi connectivity index (χ3n) is 2.94. The summed E-state index contributed by atoms with van der Waals surface area (Å²) in [5.74, 6) is 0. The zero-order valence-electron chi connectivity index (χ0n) is 8.76. The van der Waals surface area contributed by atoms with E-state index in [4.69, 9.17) is 5.73 Å². The van der Waals surface area contributed by atoms with Gasteiger partial charge in [-0.2, -0.15) is 0 Å². The van der Waals surface area contributed by atoms with Gasteiger partial charge in [0.15, 0.2) is 0 Å². The number of nitrogens with zero attached hydrogens (tertiary/aromatic N) is 2. The number of rotatable bonds is 3. The maximum Gasteiger partial charge on any atom is 0.0635 e. The van der Waals surface area contributed by atoms with Crippen molar-refractivity contribution in [1.82, 2.24) is 4.98 Å². The Hall–Kier alpha value is -1.13. The molecule has 1 atom stereocenters. The standard InChI is InChI=1S/C11H17N3O/c12-6-9-3-4-10(7-13-9)14-5-1-2-11(14)8-15/h3-4,7,11,15H,1-2,5-6,8,12H2. The Balaban J connectivity index is 2.14. The molecule has 1 aliphatic rings. The highest BCUT2D eigenvalue weighted by atomic mass is 16.3. The minimum atomic E-state index is 0.221. The Morgan fingerprint density at radius 1 is 1.53 bits per heavy atom. The van der Waals surface area contributed by atoms with Crippen molar-refractivity contribution >= 4 is 5.69 Å². The molecule has 4 heteroatoms. The molecule has 0 radical (unpaired) electrons. The van der Waals surface area contributed by atoms with Crippen molar-refractivity contribution in [1.29, 1.82) is 0 Å². The molecule has 3 N–H and O–H groups in total. The molecule has 2 rings (SSSR count). The van der Waals surface area contributed by atoms with E-state index in [1.807, 2.05) is 18.3 Å². The highest BCUT2D eigenvalue weighted by Gasteiger charge is 2.23. The highest BCUT2D eigenvalue weighted by molar-refractivity contribution is 5.46. The molecule has 0 amide bonds. The number of anilines is 1. The minimum Gasteiger partial charge on any atom is -0.394 e. The summed E-state index contributed by atoms with van der Waals surface area (Å²) in [5, 5.41) is 9.22. The number of aliphatic hydroxyl groups is 1. The minimum absolute atomic E-state index is 0.221. The molecule has 15 heavy (non-hydrogen) atoms. The molecule has 1 unspecified atom stereocenters. The van der Waals surface area contributed by atoms with Crippen molar-refractivity contribution < 1.29 is 5.11 Å². The Morgan fingerprint density at radius 2 is 2.40 bits per heavy atom. The van der Waals surface area contributed by atoms with E-state index in [1.165, 1.54) is 0 Å². The van der Waals surface area contributed by atoms with Gasteiger partial charge in [0, 0.05) is 13.1 Å². The number of hydrogen-bond acceptors (Lipinski definition) is 4. The van der Waals surface area contributed by atoms with E-state index in [9.17, 15) is 5.11 Å². The fourth-order valence-corrected chi connectivity index (χ4v) is 2.07. The normalized spacial score (nSPS) is 20.9. The maximum atomic E-state index is 9.22. The SMILES string of the molecule is NCc1ccc(N2CCCC2CO)cn1.